The molecule has 3 aromatic carbocycles. The van der Waals surface area contributed by atoms with Crippen molar-refractivity contribution in [2.75, 3.05) is 10.6 Å². The van der Waals surface area contributed by atoms with Gasteiger partial charge in [0.15, 0.2) is 0 Å². The first kappa shape index (κ1) is 24.9. The zero-order chi connectivity index (χ0) is 24.2. The molecular formula is C25H26IN3O3S. The molecule has 3 rings (SSSR count). The lowest BCUT2D eigenvalue weighted by atomic mass is 10.1. The highest BCUT2D eigenvalue weighted by molar-refractivity contribution is 14.1. The summed E-state index contributed by atoms with van der Waals surface area (Å²) < 4.78 is 27.3. The number of aryl methyl sites for hydroxylation is 2. The average molecular weight is 575 g/mol. The first-order valence-corrected chi connectivity index (χ1v) is 13.2. The van der Waals surface area contributed by atoms with Crippen molar-refractivity contribution in [3.63, 3.8) is 0 Å². The van der Waals surface area contributed by atoms with Gasteiger partial charge in [0.1, 0.15) is 0 Å². The Morgan fingerprint density at radius 1 is 0.970 bits per heavy atom. The van der Waals surface area contributed by atoms with E-state index in [1.807, 2.05) is 57.2 Å². The zero-order valence-electron chi connectivity index (χ0n) is 19.0. The number of halogens is 1. The SMILES string of the molecule is C/C(=N/NC(=O)c1ccc(CN(c2ccc(C)c(C)c2)S(C)(=O)=O)cc1)c1cccc(I)c1. The molecule has 0 saturated carbocycles. The van der Waals surface area contributed by atoms with Crippen LogP contribution in [0, 0.1) is 17.4 Å². The Kier molecular flexibility index (Phi) is 7.91. The van der Waals surface area contributed by atoms with Gasteiger partial charge >= 0.3 is 0 Å². The van der Waals surface area contributed by atoms with Crippen LogP contribution < -0.4 is 9.73 Å². The highest BCUT2D eigenvalue weighted by atomic mass is 127. The monoisotopic (exact) mass is 575 g/mol. The van der Waals surface area contributed by atoms with E-state index in [2.05, 4.69) is 33.1 Å². The largest absolute Gasteiger partial charge is 0.271 e. The summed E-state index contributed by atoms with van der Waals surface area (Å²) in [5.74, 6) is -0.333. The van der Waals surface area contributed by atoms with E-state index in [4.69, 9.17) is 0 Å². The third kappa shape index (κ3) is 6.64. The van der Waals surface area contributed by atoms with Crippen LogP contribution in [0.25, 0.3) is 0 Å². The molecule has 6 nitrogen and oxygen atoms in total. The lowest BCUT2D eigenvalue weighted by Gasteiger charge is -2.23. The summed E-state index contributed by atoms with van der Waals surface area (Å²) in [6.45, 7) is 5.95. The minimum absolute atomic E-state index is 0.174. The molecule has 33 heavy (non-hydrogen) atoms. The van der Waals surface area contributed by atoms with E-state index in [0.29, 0.717) is 17.0 Å². The average Bonchev–Trinajstić information content (AvgIpc) is 2.77. The summed E-state index contributed by atoms with van der Waals surface area (Å²) >= 11 is 2.23. The normalized spacial score (nSPS) is 11.8. The second kappa shape index (κ2) is 10.5. The fourth-order valence-electron chi connectivity index (χ4n) is 3.19. The number of rotatable bonds is 7. The lowest BCUT2D eigenvalue weighted by Crippen LogP contribution is -2.29. The van der Waals surface area contributed by atoms with Crippen LogP contribution in [-0.4, -0.2) is 26.3 Å². The number of amides is 1. The molecular weight excluding hydrogens is 549 g/mol. The van der Waals surface area contributed by atoms with Crippen LogP contribution in [0.3, 0.4) is 0 Å². The van der Waals surface area contributed by atoms with Crippen molar-refractivity contribution in [2.45, 2.75) is 27.3 Å². The topological polar surface area (TPSA) is 78.8 Å². The summed E-state index contributed by atoms with van der Waals surface area (Å²) in [6.07, 6.45) is 1.19. The van der Waals surface area contributed by atoms with Gasteiger partial charge in [-0.25, -0.2) is 13.8 Å². The first-order chi connectivity index (χ1) is 15.5. The quantitative estimate of drug-likeness (QED) is 0.244. The molecule has 0 radical (unpaired) electrons. The molecule has 3 aromatic rings. The molecule has 0 aliphatic carbocycles. The van der Waals surface area contributed by atoms with Gasteiger partial charge in [-0.05, 0) is 102 Å². The molecule has 1 N–H and O–H groups in total. The van der Waals surface area contributed by atoms with Crippen LogP contribution in [0.4, 0.5) is 5.69 Å². The Bertz CT molecular complexity index is 1300. The summed E-state index contributed by atoms with van der Waals surface area (Å²) in [7, 11) is -3.48. The van der Waals surface area contributed by atoms with Crippen molar-refractivity contribution in [3.05, 3.63) is 98.1 Å². The number of hydrazone groups is 1. The summed E-state index contributed by atoms with van der Waals surface area (Å²) in [4.78, 5) is 12.5. The molecule has 0 spiro atoms. The molecule has 8 heteroatoms. The maximum absolute atomic E-state index is 12.5. The van der Waals surface area contributed by atoms with Crippen LogP contribution in [0.2, 0.25) is 0 Å². The smallest absolute Gasteiger partial charge is 0.267 e. The van der Waals surface area contributed by atoms with Crippen LogP contribution in [-0.2, 0) is 16.6 Å². The number of benzene rings is 3. The number of carbonyl (C=O) groups excluding carboxylic acids is 1. The molecule has 172 valence electrons. The van der Waals surface area contributed by atoms with Crippen molar-refractivity contribution in [1.29, 1.82) is 0 Å². The van der Waals surface area contributed by atoms with Crippen LogP contribution in [0.15, 0.2) is 71.8 Å². The van der Waals surface area contributed by atoms with E-state index in [1.54, 1.807) is 30.3 Å². The summed E-state index contributed by atoms with van der Waals surface area (Å²) in [5, 5.41) is 4.20. The van der Waals surface area contributed by atoms with Gasteiger partial charge in [0.05, 0.1) is 24.2 Å². The first-order valence-electron chi connectivity index (χ1n) is 10.3. The van der Waals surface area contributed by atoms with Crippen molar-refractivity contribution >= 4 is 49.9 Å². The second-order valence-corrected chi connectivity index (χ2v) is 11.0. The fraction of sp³-hybridized carbons (Fsp3) is 0.200. The van der Waals surface area contributed by atoms with Gasteiger partial charge in [0.25, 0.3) is 5.91 Å². The van der Waals surface area contributed by atoms with E-state index >= 15 is 0 Å². The second-order valence-electron chi connectivity index (χ2n) is 7.88. The van der Waals surface area contributed by atoms with E-state index in [1.165, 1.54) is 10.6 Å². The van der Waals surface area contributed by atoms with Crippen molar-refractivity contribution in [2.24, 2.45) is 5.10 Å². The van der Waals surface area contributed by atoms with E-state index in [9.17, 15) is 13.2 Å². The highest BCUT2D eigenvalue weighted by Gasteiger charge is 2.18. The van der Waals surface area contributed by atoms with Gasteiger partial charge in [-0.15, -0.1) is 0 Å². The van der Waals surface area contributed by atoms with Crippen LogP contribution in [0.5, 0.6) is 0 Å². The van der Waals surface area contributed by atoms with E-state index in [0.717, 1.165) is 25.8 Å². The van der Waals surface area contributed by atoms with Gasteiger partial charge in [-0.2, -0.15) is 5.10 Å². The summed E-state index contributed by atoms with van der Waals surface area (Å²) in [5.41, 5.74) is 8.17. The molecule has 0 aromatic heterocycles. The fourth-order valence-corrected chi connectivity index (χ4v) is 4.61. The number of carbonyl (C=O) groups is 1. The van der Waals surface area contributed by atoms with Gasteiger partial charge < -0.3 is 0 Å². The van der Waals surface area contributed by atoms with E-state index < -0.39 is 10.0 Å². The number of hydrogen-bond acceptors (Lipinski definition) is 4. The minimum atomic E-state index is -3.48. The maximum Gasteiger partial charge on any atom is 0.271 e. The molecule has 1 amide bonds. The molecule has 0 bridgehead atoms. The third-order valence-electron chi connectivity index (χ3n) is 5.29. The van der Waals surface area contributed by atoms with Crippen molar-refractivity contribution in [3.8, 4) is 0 Å². The van der Waals surface area contributed by atoms with Gasteiger partial charge in [-0.3, -0.25) is 9.10 Å². The maximum atomic E-state index is 12.5. The Hall–Kier alpha value is -2.72. The Balaban J connectivity index is 1.73. The molecule has 0 fully saturated rings. The third-order valence-corrected chi connectivity index (χ3v) is 7.10. The van der Waals surface area contributed by atoms with Gasteiger partial charge in [0, 0.05) is 9.13 Å². The van der Waals surface area contributed by atoms with E-state index in [-0.39, 0.29) is 12.5 Å². The van der Waals surface area contributed by atoms with Gasteiger partial charge in [-0.1, -0.05) is 30.3 Å². The number of nitrogens with one attached hydrogen (secondary N) is 1. The number of nitrogens with zero attached hydrogens (tertiary/aromatic N) is 2. The predicted octanol–water partition coefficient (Wildman–Crippen LogP) is 5.03. The number of sulfonamides is 1. The molecule has 0 saturated heterocycles. The number of hydrogen-bond donors (Lipinski definition) is 1. The van der Waals surface area contributed by atoms with Crippen molar-refractivity contribution < 1.29 is 13.2 Å². The molecule has 0 heterocycles. The summed E-state index contributed by atoms with van der Waals surface area (Å²) in [6, 6.07) is 20.3. The molecule has 0 aliphatic heterocycles. The van der Waals surface area contributed by atoms with Crippen LogP contribution in [0.1, 0.15) is 39.5 Å². The standard InChI is InChI=1S/C25H26IN3O3S/c1-17-8-13-24(14-18(17)2)29(33(4,31)32)16-20-9-11-21(12-10-20)25(30)28-27-19(3)22-6-5-7-23(26)15-22/h5-15H,16H2,1-4H3,(H,28,30)/b27-19-. The molecule has 0 atom stereocenters. The molecule has 0 aliphatic rings. The minimum Gasteiger partial charge on any atom is -0.267 e. The predicted molar refractivity (Wildman–Crippen MR) is 142 cm³/mol. The Labute approximate surface area is 208 Å². The number of anilines is 1. The zero-order valence-corrected chi connectivity index (χ0v) is 21.9. The van der Waals surface area contributed by atoms with Gasteiger partial charge in [0.2, 0.25) is 10.0 Å². The Morgan fingerprint density at radius 2 is 1.67 bits per heavy atom. The van der Waals surface area contributed by atoms with Crippen molar-refractivity contribution in [1.82, 2.24) is 5.43 Å². The lowest BCUT2D eigenvalue weighted by molar-refractivity contribution is 0.0955. The Morgan fingerprint density at radius 3 is 2.27 bits per heavy atom. The molecule has 0 unspecified atom stereocenters. The highest BCUT2D eigenvalue weighted by Crippen LogP contribution is 2.23. The van der Waals surface area contributed by atoms with Crippen LogP contribution >= 0.6 is 22.6 Å².